The molecular formula is C21H23FN10O9P2S3. The monoisotopic (exact) mass is 736 g/mol. The molecule has 25 heteroatoms. The van der Waals surface area contributed by atoms with Crippen LogP contribution in [0.15, 0.2) is 23.8 Å². The lowest BCUT2D eigenvalue weighted by molar-refractivity contribution is -0.183. The van der Waals surface area contributed by atoms with Crippen LogP contribution >= 0.6 is 37.5 Å². The number of imidazole rings is 2. The number of nitrogens with one attached hydrogen (secondary N) is 1. The van der Waals surface area contributed by atoms with Crippen molar-refractivity contribution < 1.29 is 41.4 Å². The van der Waals surface area contributed by atoms with Gasteiger partial charge in [0, 0.05) is 0 Å². The number of alkyl halides is 1. The summed E-state index contributed by atoms with van der Waals surface area (Å²) in [4.78, 5) is 46.7. The number of H-pyrrole nitrogens is 1. The number of fused-ring (bicyclic) bond motifs is 4. The molecular weight excluding hydrogens is 713 g/mol. The third-order valence-electron chi connectivity index (χ3n) is 8.00. The van der Waals surface area contributed by atoms with Crippen molar-refractivity contribution in [3.63, 3.8) is 0 Å². The van der Waals surface area contributed by atoms with Crippen molar-refractivity contribution in [2.75, 3.05) is 31.3 Å². The van der Waals surface area contributed by atoms with E-state index in [0.717, 1.165) is 11.8 Å². The van der Waals surface area contributed by atoms with Crippen LogP contribution in [0, 0.1) is 0 Å². The topological polar surface area (TPSA) is 252 Å². The van der Waals surface area contributed by atoms with Crippen LogP contribution in [0.3, 0.4) is 0 Å². The van der Waals surface area contributed by atoms with Gasteiger partial charge in [-0.3, -0.25) is 32.5 Å². The van der Waals surface area contributed by atoms with E-state index in [4.69, 9.17) is 50.8 Å². The van der Waals surface area contributed by atoms with Crippen LogP contribution in [0.2, 0.25) is 0 Å². The highest BCUT2D eigenvalue weighted by Gasteiger charge is 2.65. The zero-order valence-electron chi connectivity index (χ0n) is 22.9. The molecule has 4 aliphatic rings. The first-order valence-electron chi connectivity index (χ1n) is 13.4. The fourth-order valence-electron chi connectivity index (χ4n) is 5.94. The Morgan fingerprint density at radius 1 is 1.11 bits per heavy atom. The predicted molar refractivity (Wildman–Crippen MR) is 165 cm³/mol. The fourth-order valence-corrected chi connectivity index (χ4v) is 10.5. The summed E-state index contributed by atoms with van der Waals surface area (Å²) < 4.78 is 68.2. The molecule has 0 radical (unpaired) electrons. The number of nitrogens with zero attached hydrogens (tertiary/aromatic N) is 7. The van der Waals surface area contributed by atoms with Crippen molar-refractivity contribution in [1.82, 2.24) is 39.0 Å². The van der Waals surface area contributed by atoms with Crippen molar-refractivity contribution in [3.05, 3.63) is 29.3 Å². The Kier molecular flexibility index (Phi) is 7.33. The minimum Gasteiger partial charge on any atom is -0.382 e. The summed E-state index contributed by atoms with van der Waals surface area (Å²) in [6.07, 6.45) is -2.34. The van der Waals surface area contributed by atoms with E-state index in [1.165, 1.54) is 23.5 Å². The van der Waals surface area contributed by atoms with Crippen molar-refractivity contribution in [1.29, 1.82) is 0 Å². The molecule has 0 aliphatic carbocycles. The minimum absolute atomic E-state index is 0.0397. The number of halogens is 1. The average Bonchev–Trinajstić information content (AvgIpc) is 3.80. The zero-order chi connectivity index (χ0) is 32.2. The summed E-state index contributed by atoms with van der Waals surface area (Å²) in [5, 5.41) is -2.03. The van der Waals surface area contributed by atoms with Crippen molar-refractivity contribution in [2.45, 2.75) is 46.9 Å². The van der Waals surface area contributed by atoms with Gasteiger partial charge in [0.15, 0.2) is 28.9 Å². The highest BCUT2D eigenvalue weighted by Crippen LogP contribution is 2.62. The van der Waals surface area contributed by atoms with Gasteiger partial charge in [-0.25, -0.2) is 28.9 Å². The van der Waals surface area contributed by atoms with E-state index in [0.29, 0.717) is 11.2 Å². The molecule has 3 unspecified atom stereocenters. The molecule has 19 nitrogen and oxygen atoms in total. The maximum Gasteiger partial charge on any atom is 0.386 e. The van der Waals surface area contributed by atoms with Gasteiger partial charge in [-0.15, -0.1) is 11.8 Å². The summed E-state index contributed by atoms with van der Waals surface area (Å²) in [5.74, 6) is -0.0473. The average molecular weight is 737 g/mol. The van der Waals surface area contributed by atoms with E-state index in [1.807, 2.05) is 0 Å². The van der Waals surface area contributed by atoms with Crippen LogP contribution in [0.1, 0.15) is 11.6 Å². The number of thiol groups is 1. The molecule has 4 bridgehead atoms. The number of nitrogens with two attached hydrogens (primary N) is 2. The Labute approximate surface area is 270 Å². The second-order valence-electron chi connectivity index (χ2n) is 10.8. The second kappa shape index (κ2) is 10.9. The fraction of sp³-hybridized carbons (Fsp3) is 0.524. The summed E-state index contributed by atoms with van der Waals surface area (Å²) in [5.41, 5.74) is 10.2. The lowest BCUT2D eigenvalue weighted by Crippen LogP contribution is -2.45. The quantitative estimate of drug-likeness (QED) is 0.141. The van der Waals surface area contributed by atoms with Crippen LogP contribution in [0.5, 0.6) is 0 Å². The first kappa shape index (κ1) is 31.0. The van der Waals surface area contributed by atoms with Crippen LogP contribution in [-0.4, -0.2) is 99.1 Å². The Morgan fingerprint density at radius 2 is 1.89 bits per heavy atom. The van der Waals surface area contributed by atoms with Gasteiger partial charge < -0.3 is 30.4 Å². The number of nitrogen functional groups attached to an aromatic ring is 2. The van der Waals surface area contributed by atoms with E-state index in [-0.39, 0.29) is 29.5 Å². The smallest absolute Gasteiger partial charge is 0.382 e. The molecule has 8 rings (SSSR count). The molecule has 8 heterocycles. The van der Waals surface area contributed by atoms with Gasteiger partial charge in [0.05, 0.1) is 37.7 Å². The van der Waals surface area contributed by atoms with Gasteiger partial charge in [-0.05, 0) is 11.8 Å². The van der Waals surface area contributed by atoms with E-state index in [9.17, 15) is 14.3 Å². The minimum atomic E-state index is -4.24. The Balaban J connectivity index is 1.14. The van der Waals surface area contributed by atoms with Crippen LogP contribution in [-0.2, 0) is 43.9 Å². The molecule has 46 heavy (non-hydrogen) atoms. The summed E-state index contributed by atoms with van der Waals surface area (Å²) in [7, 11) is 0. The molecule has 4 fully saturated rings. The maximum atomic E-state index is 16.1. The molecule has 4 saturated heterocycles. The van der Waals surface area contributed by atoms with Gasteiger partial charge in [-0.1, -0.05) is 12.2 Å². The number of hydrogen-bond acceptors (Lipinski definition) is 17. The number of aromatic nitrogens is 8. The van der Waals surface area contributed by atoms with Gasteiger partial charge in [-0.2, -0.15) is 4.98 Å². The third kappa shape index (κ3) is 4.99. The lowest BCUT2D eigenvalue weighted by Gasteiger charge is -2.33. The molecule has 0 spiro atoms. The van der Waals surface area contributed by atoms with Crippen LogP contribution in [0.4, 0.5) is 16.2 Å². The molecule has 4 aromatic rings. The Hall–Kier alpha value is -2.27. The summed E-state index contributed by atoms with van der Waals surface area (Å²) >= 11 is 10.5. The van der Waals surface area contributed by atoms with E-state index in [2.05, 4.69) is 42.2 Å². The predicted octanol–water partition coefficient (Wildman–Crippen LogP) is 0.814. The molecule has 0 amide bonds. The number of thioether (sulfide) groups is 1. The molecule has 10 atom stereocenters. The van der Waals surface area contributed by atoms with Crippen molar-refractivity contribution in [3.8, 4) is 0 Å². The van der Waals surface area contributed by atoms with Crippen molar-refractivity contribution in [2.24, 2.45) is 0 Å². The van der Waals surface area contributed by atoms with Crippen molar-refractivity contribution >= 4 is 83.4 Å². The molecule has 4 aromatic heterocycles. The lowest BCUT2D eigenvalue weighted by atomic mass is 10.0. The summed E-state index contributed by atoms with van der Waals surface area (Å²) in [6.45, 7) is -9.55. The largest absolute Gasteiger partial charge is 0.386 e. The normalized spacial score (nSPS) is 39.7. The molecule has 0 aromatic carbocycles. The number of ether oxygens (including phenoxy) is 2. The SMILES string of the molecule is Nc1nc2c(ncn2[C@@H]2S[C@@H]3COP(=O)(S)O[C@H]4[C@H]5OCC4(COP(O)(=S)O[C@@H]2[C@H]3F)O[C@H]5n2cnc3c(N)ncnc32)c(=O)[nH]1. The standard InChI is InChI=1S/C21H23FN10O9P2S3/c22-8-7-1-37-42(34,44)41-13-12-18(31-5-27-9-14(23)25-4-26-15(9)31)39-21(13,2-36-12)3-38-43(35,45)40-11(8)19(46-7)32-6-28-10-16(32)29-20(24)30-17(10)33/h4-8,11-13,18-19H,1-3H2,(H,34,44)(H,35,45)(H2,23,25,26)(H3,24,29,30,33)/t7-,8+,11-,12-,13+,18-,19-,21?,42?,43?/m1/s1. The van der Waals surface area contributed by atoms with Gasteiger partial charge in [0.1, 0.15) is 47.3 Å². The third-order valence-corrected chi connectivity index (χ3v) is 12.7. The zero-order valence-corrected chi connectivity index (χ0v) is 27.2. The number of hydrogen-bond donors (Lipinski definition) is 5. The first-order valence-corrected chi connectivity index (χ1v) is 19.6. The van der Waals surface area contributed by atoms with Gasteiger partial charge in [0.2, 0.25) is 5.95 Å². The highest BCUT2D eigenvalue weighted by atomic mass is 32.7. The number of anilines is 2. The Morgan fingerprint density at radius 3 is 2.72 bits per heavy atom. The molecule has 0 saturated carbocycles. The molecule has 6 N–H and O–H groups in total. The first-order chi connectivity index (χ1) is 21.8. The van der Waals surface area contributed by atoms with Crippen LogP contribution < -0.4 is 17.0 Å². The number of rotatable bonds is 2. The van der Waals surface area contributed by atoms with E-state index in [1.54, 1.807) is 4.57 Å². The van der Waals surface area contributed by atoms with E-state index < -0.39 is 79.2 Å². The maximum absolute atomic E-state index is 16.1. The van der Waals surface area contributed by atoms with E-state index >= 15 is 4.39 Å². The van der Waals surface area contributed by atoms with Gasteiger partial charge >= 0.3 is 13.5 Å². The summed E-state index contributed by atoms with van der Waals surface area (Å²) in [6, 6.07) is 0. The Bertz CT molecular complexity index is 2040. The molecule has 246 valence electrons. The highest BCUT2D eigenvalue weighted by molar-refractivity contribution is 8.44. The van der Waals surface area contributed by atoms with Gasteiger partial charge in [0.25, 0.3) is 5.56 Å². The molecule has 4 aliphatic heterocycles. The number of aromatic amines is 1. The second-order valence-corrected chi connectivity index (χ2v) is 17.8. The van der Waals surface area contributed by atoms with Crippen LogP contribution in [0.25, 0.3) is 22.3 Å².